The maximum atomic E-state index is 14.5. The number of methoxy groups -OCH3 is 1. The number of aliphatic hydroxyl groups excluding tert-OH is 1. The molecule has 0 saturated carbocycles. The Morgan fingerprint density at radius 1 is 1.07 bits per heavy atom. The second-order valence-corrected chi connectivity index (χ2v) is 13.0. The molecule has 0 radical (unpaired) electrons. The first-order valence-electron chi connectivity index (χ1n) is 14.6. The van der Waals surface area contributed by atoms with Crippen molar-refractivity contribution in [1.29, 1.82) is 0 Å². The third-order valence-electron chi connectivity index (χ3n) is 7.77. The molecule has 4 rings (SSSR count). The quantitative estimate of drug-likeness (QED) is 0.264. The molecule has 14 heteroatoms. The Labute approximate surface area is 265 Å². The molecule has 1 fully saturated rings. The van der Waals surface area contributed by atoms with Crippen LogP contribution in [0.5, 0.6) is 5.75 Å². The number of sulfonamides is 1. The van der Waals surface area contributed by atoms with E-state index in [4.69, 9.17) is 9.47 Å². The Balaban J connectivity index is 1.58. The third-order valence-corrected chi connectivity index (χ3v) is 9.60. The molecule has 10 nitrogen and oxygen atoms in total. The van der Waals surface area contributed by atoms with E-state index in [9.17, 15) is 36.3 Å². The SMILES string of the molecule is CC[C@H](C)CN(C[C@@H](O)[C@H](Cc1ccccc1)NC(=O)[C@@H]1CN(c2ccc(F)c(F)c2)C(=O)O1)S(=O)(=O)c1ccc(OC)c(F)c1. The molecule has 2 amide bonds. The summed E-state index contributed by atoms with van der Waals surface area (Å²) in [6.07, 6.45) is -3.09. The van der Waals surface area contributed by atoms with Crippen LogP contribution in [-0.2, 0) is 26.0 Å². The number of ether oxygens (including phenoxy) is 2. The third kappa shape index (κ3) is 8.17. The van der Waals surface area contributed by atoms with E-state index in [1.807, 2.05) is 13.8 Å². The highest BCUT2D eigenvalue weighted by Gasteiger charge is 2.39. The fourth-order valence-corrected chi connectivity index (χ4v) is 6.52. The first kappa shape index (κ1) is 34.7. The number of nitrogens with zero attached hydrogens (tertiary/aromatic N) is 2. The molecule has 4 atom stereocenters. The fourth-order valence-electron chi connectivity index (χ4n) is 4.93. The predicted molar refractivity (Wildman–Crippen MR) is 163 cm³/mol. The molecule has 3 aromatic rings. The largest absolute Gasteiger partial charge is 0.494 e. The number of benzene rings is 3. The number of amides is 2. The molecule has 3 aromatic carbocycles. The van der Waals surface area contributed by atoms with Gasteiger partial charge in [-0.15, -0.1) is 0 Å². The van der Waals surface area contributed by atoms with E-state index in [0.29, 0.717) is 12.0 Å². The Hall–Kier alpha value is -4.14. The van der Waals surface area contributed by atoms with Gasteiger partial charge >= 0.3 is 6.09 Å². The Morgan fingerprint density at radius 2 is 1.78 bits per heavy atom. The molecule has 0 aromatic heterocycles. The van der Waals surface area contributed by atoms with E-state index in [1.54, 1.807) is 30.3 Å². The number of aliphatic hydroxyl groups is 1. The molecular formula is C32H36F3N3O7S. The number of carbonyl (C=O) groups excluding carboxylic acids is 2. The van der Waals surface area contributed by atoms with Crippen LogP contribution >= 0.6 is 0 Å². The zero-order valence-corrected chi connectivity index (χ0v) is 26.3. The molecule has 1 heterocycles. The highest BCUT2D eigenvalue weighted by molar-refractivity contribution is 7.89. The van der Waals surface area contributed by atoms with Crippen LogP contribution < -0.4 is 15.0 Å². The van der Waals surface area contributed by atoms with E-state index >= 15 is 0 Å². The minimum Gasteiger partial charge on any atom is -0.494 e. The van der Waals surface area contributed by atoms with Gasteiger partial charge in [-0.2, -0.15) is 4.31 Å². The molecular weight excluding hydrogens is 627 g/mol. The minimum atomic E-state index is -4.32. The number of hydrogen-bond donors (Lipinski definition) is 2. The monoisotopic (exact) mass is 663 g/mol. The number of hydrogen-bond acceptors (Lipinski definition) is 7. The standard InChI is InChI=1S/C32H36F3N3O7S/c1-4-20(2)17-37(46(42,43)23-11-13-29(44-3)26(35)16-23)18-28(39)27(14-21-8-6-5-7-9-21)36-31(40)30-19-38(32(41)45-30)22-10-12-24(33)25(34)15-22/h5-13,15-16,20,27-28,30,39H,4,14,17-19H2,1-3H3,(H,36,40)/t20-,27-,28+,30-/m0/s1. The molecule has 248 valence electrons. The van der Waals surface area contributed by atoms with Crippen molar-refractivity contribution >= 4 is 27.7 Å². The molecule has 46 heavy (non-hydrogen) atoms. The lowest BCUT2D eigenvalue weighted by Crippen LogP contribution is -2.53. The maximum Gasteiger partial charge on any atom is 0.415 e. The van der Waals surface area contributed by atoms with Crippen molar-refractivity contribution in [2.75, 3.05) is 31.6 Å². The summed E-state index contributed by atoms with van der Waals surface area (Å²) < 4.78 is 80.4. The number of carbonyl (C=O) groups is 2. The first-order chi connectivity index (χ1) is 21.8. The van der Waals surface area contributed by atoms with Crippen LogP contribution in [0.25, 0.3) is 0 Å². The van der Waals surface area contributed by atoms with Crippen LogP contribution in [0.2, 0.25) is 0 Å². The van der Waals surface area contributed by atoms with Crippen LogP contribution in [0.4, 0.5) is 23.7 Å². The molecule has 2 N–H and O–H groups in total. The van der Waals surface area contributed by atoms with Gasteiger partial charge in [0.05, 0.1) is 36.4 Å². The summed E-state index contributed by atoms with van der Waals surface area (Å²) in [4.78, 5) is 26.5. The van der Waals surface area contributed by atoms with Crippen molar-refractivity contribution in [3.63, 3.8) is 0 Å². The van der Waals surface area contributed by atoms with Crippen molar-refractivity contribution in [1.82, 2.24) is 9.62 Å². The van der Waals surface area contributed by atoms with Crippen molar-refractivity contribution < 1.29 is 45.8 Å². The van der Waals surface area contributed by atoms with Crippen LogP contribution in [0.15, 0.2) is 71.6 Å². The summed E-state index contributed by atoms with van der Waals surface area (Å²) in [6.45, 7) is 2.94. The summed E-state index contributed by atoms with van der Waals surface area (Å²) >= 11 is 0. The summed E-state index contributed by atoms with van der Waals surface area (Å²) in [6, 6.07) is 13.9. The highest BCUT2D eigenvalue weighted by Crippen LogP contribution is 2.26. The zero-order valence-electron chi connectivity index (χ0n) is 25.5. The van der Waals surface area contributed by atoms with Gasteiger partial charge in [0.15, 0.2) is 29.3 Å². The second kappa shape index (κ2) is 15.0. The van der Waals surface area contributed by atoms with Gasteiger partial charge in [-0.25, -0.2) is 26.4 Å². The second-order valence-electron chi connectivity index (χ2n) is 11.1. The van der Waals surface area contributed by atoms with Crippen LogP contribution in [0, 0.1) is 23.4 Å². The minimum absolute atomic E-state index is 0.00102. The molecule has 1 aliphatic heterocycles. The normalized spacial score (nSPS) is 17.0. The summed E-state index contributed by atoms with van der Waals surface area (Å²) in [5.41, 5.74) is 0.702. The van der Waals surface area contributed by atoms with Crippen molar-refractivity contribution in [3.05, 3.63) is 89.7 Å². The number of nitrogens with one attached hydrogen (secondary N) is 1. The number of cyclic esters (lactones) is 1. The fraction of sp³-hybridized carbons (Fsp3) is 0.375. The average molecular weight is 664 g/mol. The van der Waals surface area contributed by atoms with E-state index in [2.05, 4.69) is 5.32 Å². The van der Waals surface area contributed by atoms with Gasteiger partial charge < -0.3 is 19.9 Å². The van der Waals surface area contributed by atoms with Crippen molar-refractivity contribution in [2.45, 2.75) is 49.8 Å². The smallest absolute Gasteiger partial charge is 0.415 e. The molecule has 1 aliphatic rings. The Kier molecular flexibility index (Phi) is 11.3. The van der Waals surface area contributed by atoms with E-state index < -0.39 is 64.3 Å². The Bertz CT molecular complexity index is 1650. The van der Waals surface area contributed by atoms with Crippen LogP contribution in [0.3, 0.4) is 0 Å². The summed E-state index contributed by atoms with van der Waals surface area (Å²) in [7, 11) is -3.06. The average Bonchev–Trinajstić information content (AvgIpc) is 3.43. The lowest BCUT2D eigenvalue weighted by atomic mass is 10.0. The lowest BCUT2D eigenvalue weighted by Gasteiger charge is -2.31. The lowest BCUT2D eigenvalue weighted by molar-refractivity contribution is -0.129. The topological polar surface area (TPSA) is 125 Å². The number of anilines is 1. The van der Waals surface area contributed by atoms with Crippen LogP contribution in [0.1, 0.15) is 25.8 Å². The van der Waals surface area contributed by atoms with Crippen LogP contribution in [-0.4, -0.2) is 74.8 Å². The van der Waals surface area contributed by atoms with E-state index in [1.165, 1.54) is 25.3 Å². The van der Waals surface area contributed by atoms with Gasteiger partial charge in [0.1, 0.15) is 0 Å². The Morgan fingerprint density at radius 3 is 2.41 bits per heavy atom. The molecule has 1 saturated heterocycles. The van der Waals surface area contributed by atoms with Gasteiger partial charge in [-0.05, 0) is 48.2 Å². The molecule has 0 aliphatic carbocycles. The van der Waals surface area contributed by atoms with Gasteiger partial charge in [-0.3, -0.25) is 9.69 Å². The molecule has 0 unspecified atom stereocenters. The highest BCUT2D eigenvalue weighted by atomic mass is 32.2. The number of rotatable bonds is 14. The van der Waals surface area contributed by atoms with Gasteiger partial charge in [0.2, 0.25) is 10.0 Å². The molecule has 0 spiro atoms. The maximum absolute atomic E-state index is 14.5. The van der Waals surface area contributed by atoms with Gasteiger partial charge in [0.25, 0.3) is 5.91 Å². The van der Waals surface area contributed by atoms with E-state index in [-0.39, 0.29) is 41.8 Å². The first-order valence-corrected chi connectivity index (χ1v) is 16.1. The number of halogens is 3. The van der Waals surface area contributed by atoms with E-state index in [0.717, 1.165) is 27.4 Å². The summed E-state index contributed by atoms with van der Waals surface area (Å²) in [5.74, 6) is -4.21. The van der Waals surface area contributed by atoms with Gasteiger partial charge in [-0.1, -0.05) is 50.6 Å². The van der Waals surface area contributed by atoms with Crippen molar-refractivity contribution in [3.8, 4) is 5.75 Å². The molecule has 0 bridgehead atoms. The summed E-state index contributed by atoms with van der Waals surface area (Å²) in [5, 5.41) is 14.2. The predicted octanol–water partition coefficient (Wildman–Crippen LogP) is 4.26. The zero-order chi connectivity index (χ0) is 33.6. The van der Waals surface area contributed by atoms with Gasteiger partial charge in [0, 0.05) is 19.2 Å². The van der Waals surface area contributed by atoms with Crippen molar-refractivity contribution in [2.24, 2.45) is 5.92 Å².